The van der Waals surface area contributed by atoms with Crippen molar-refractivity contribution in [3.8, 4) is 0 Å². The van der Waals surface area contributed by atoms with E-state index in [1.165, 1.54) is 6.07 Å². The van der Waals surface area contributed by atoms with E-state index >= 15 is 0 Å². The van der Waals surface area contributed by atoms with Crippen molar-refractivity contribution in [2.75, 3.05) is 26.2 Å². The molecule has 0 saturated carbocycles. The van der Waals surface area contributed by atoms with E-state index < -0.39 is 17.5 Å². The number of primary amides is 1. The van der Waals surface area contributed by atoms with Gasteiger partial charge < -0.3 is 16.0 Å². The zero-order valence-electron chi connectivity index (χ0n) is 15.3. The molecule has 1 atom stereocenters. The molecule has 4 N–H and O–H groups in total. The van der Waals surface area contributed by atoms with Crippen LogP contribution in [0.1, 0.15) is 24.1 Å². The van der Waals surface area contributed by atoms with Crippen LogP contribution in [-0.4, -0.2) is 47.9 Å². The third kappa shape index (κ3) is 4.44. The van der Waals surface area contributed by atoms with E-state index in [1.54, 1.807) is 6.92 Å². The van der Waals surface area contributed by atoms with Gasteiger partial charge in [0, 0.05) is 30.2 Å². The second kappa shape index (κ2) is 8.04. The number of amides is 2. The molecule has 1 saturated heterocycles. The van der Waals surface area contributed by atoms with E-state index in [1.807, 2.05) is 4.90 Å². The summed E-state index contributed by atoms with van der Waals surface area (Å²) < 4.78 is 27.4. The molecule has 27 heavy (non-hydrogen) atoms. The van der Waals surface area contributed by atoms with E-state index in [0.29, 0.717) is 24.9 Å². The lowest BCUT2D eigenvalue weighted by atomic mass is 9.97. The Morgan fingerprint density at radius 1 is 1.37 bits per heavy atom. The third-order valence-electron chi connectivity index (χ3n) is 5.08. The molecule has 6 nitrogen and oxygen atoms in total. The zero-order chi connectivity index (χ0) is 19.6. The van der Waals surface area contributed by atoms with Crippen LogP contribution in [-0.2, 0) is 16.0 Å². The van der Waals surface area contributed by atoms with Gasteiger partial charge in [0.2, 0.25) is 11.8 Å². The molecule has 0 aliphatic carbocycles. The van der Waals surface area contributed by atoms with E-state index in [0.717, 1.165) is 36.7 Å². The van der Waals surface area contributed by atoms with E-state index in [9.17, 15) is 18.4 Å². The molecule has 3 rings (SSSR count). The quantitative estimate of drug-likeness (QED) is 0.713. The number of aryl methyl sites for hydroxylation is 1. The van der Waals surface area contributed by atoms with Gasteiger partial charge in [0.25, 0.3) is 0 Å². The minimum absolute atomic E-state index is 0.0703. The van der Waals surface area contributed by atoms with Crippen LogP contribution in [0.25, 0.3) is 10.9 Å². The second-order valence-corrected chi connectivity index (χ2v) is 7.12. The molecule has 0 unspecified atom stereocenters. The average molecular weight is 378 g/mol. The number of hydrogen-bond acceptors (Lipinski definition) is 3. The molecule has 2 heterocycles. The lowest BCUT2D eigenvalue weighted by molar-refractivity contribution is -0.128. The Morgan fingerprint density at radius 3 is 2.89 bits per heavy atom. The predicted molar refractivity (Wildman–Crippen MR) is 98.0 cm³/mol. The molecule has 146 valence electrons. The van der Waals surface area contributed by atoms with Gasteiger partial charge in [0.05, 0.1) is 18.0 Å². The highest BCUT2D eigenvalue weighted by Gasteiger charge is 2.26. The minimum Gasteiger partial charge on any atom is -0.369 e. The number of rotatable bonds is 6. The first-order chi connectivity index (χ1) is 12.8. The Bertz CT molecular complexity index is 865. The summed E-state index contributed by atoms with van der Waals surface area (Å²) in [4.78, 5) is 28.3. The molecule has 1 fully saturated rings. The monoisotopic (exact) mass is 378 g/mol. The van der Waals surface area contributed by atoms with Crippen LogP contribution in [0.5, 0.6) is 0 Å². The Balaban J connectivity index is 1.60. The summed E-state index contributed by atoms with van der Waals surface area (Å²) in [7, 11) is 0. The first-order valence-electron chi connectivity index (χ1n) is 9.09. The molecule has 1 aliphatic rings. The molecular formula is C19H24F2N4O2. The summed E-state index contributed by atoms with van der Waals surface area (Å²) in [5.74, 6) is -1.90. The number of nitrogens with two attached hydrogens (primary N) is 1. The number of piperidine rings is 1. The van der Waals surface area contributed by atoms with Gasteiger partial charge in [0.1, 0.15) is 11.6 Å². The van der Waals surface area contributed by atoms with Crippen LogP contribution in [0.2, 0.25) is 0 Å². The maximum absolute atomic E-state index is 13.9. The highest BCUT2D eigenvalue weighted by atomic mass is 19.1. The Kier molecular flexibility index (Phi) is 5.74. The molecule has 0 spiro atoms. The van der Waals surface area contributed by atoms with Crippen molar-refractivity contribution in [1.29, 1.82) is 0 Å². The molecule has 1 aliphatic heterocycles. The summed E-state index contributed by atoms with van der Waals surface area (Å²) in [5, 5.41) is 3.41. The number of carbonyl (C=O) groups excluding carboxylic acids is 2. The molecular weight excluding hydrogens is 354 g/mol. The maximum Gasteiger partial charge on any atom is 0.231 e. The third-order valence-corrected chi connectivity index (χ3v) is 5.08. The van der Waals surface area contributed by atoms with Crippen molar-refractivity contribution >= 4 is 22.7 Å². The van der Waals surface area contributed by atoms with Crippen LogP contribution >= 0.6 is 0 Å². The van der Waals surface area contributed by atoms with Gasteiger partial charge in [-0.3, -0.25) is 14.5 Å². The van der Waals surface area contributed by atoms with Gasteiger partial charge in [-0.25, -0.2) is 8.78 Å². The summed E-state index contributed by atoms with van der Waals surface area (Å²) in [6.07, 6.45) is 2.08. The number of hydrogen-bond donors (Lipinski definition) is 3. The number of aromatic nitrogens is 1. The fraction of sp³-hybridized carbons (Fsp3) is 0.474. The van der Waals surface area contributed by atoms with Crippen LogP contribution in [0, 0.1) is 24.5 Å². The van der Waals surface area contributed by atoms with Crippen LogP contribution in [0.4, 0.5) is 8.78 Å². The SMILES string of the molecule is Cc1[nH]c2c(F)cc(F)cc2c1CCNC(=O)[C@H]1CCCN(CC(N)=O)C1. The standard InChI is InChI=1S/C19H24F2N4O2/c1-11-14(15-7-13(20)8-16(21)18(15)24-11)4-5-23-19(27)12-3-2-6-25(9-12)10-17(22)26/h7-8,12,24H,2-6,9-10H2,1H3,(H2,22,26)(H,23,27)/t12-/m0/s1. The summed E-state index contributed by atoms with van der Waals surface area (Å²) >= 11 is 0. The Hall–Kier alpha value is -2.48. The lowest BCUT2D eigenvalue weighted by Crippen LogP contribution is -2.46. The van der Waals surface area contributed by atoms with Crippen molar-refractivity contribution in [2.24, 2.45) is 11.7 Å². The average Bonchev–Trinajstić information content (AvgIpc) is 2.91. The number of likely N-dealkylation sites (tertiary alicyclic amines) is 1. The number of fused-ring (bicyclic) bond motifs is 1. The van der Waals surface area contributed by atoms with E-state index in [-0.39, 0.29) is 23.9 Å². The number of nitrogens with zero attached hydrogens (tertiary/aromatic N) is 1. The first-order valence-corrected chi connectivity index (χ1v) is 9.09. The summed E-state index contributed by atoms with van der Waals surface area (Å²) in [5.41, 5.74) is 7.06. The van der Waals surface area contributed by atoms with Crippen LogP contribution < -0.4 is 11.1 Å². The molecule has 2 aromatic rings. The molecule has 2 amide bonds. The normalized spacial score (nSPS) is 18.0. The van der Waals surface area contributed by atoms with Gasteiger partial charge in [0.15, 0.2) is 0 Å². The minimum atomic E-state index is -0.625. The predicted octanol–water partition coefficient (Wildman–Crippen LogP) is 1.61. The first kappa shape index (κ1) is 19.3. The molecule has 8 heteroatoms. The zero-order valence-corrected chi connectivity index (χ0v) is 15.3. The van der Waals surface area contributed by atoms with Crippen LogP contribution in [0.15, 0.2) is 12.1 Å². The summed E-state index contributed by atoms with van der Waals surface area (Å²) in [6, 6.07) is 2.16. The van der Waals surface area contributed by atoms with Gasteiger partial charge in [-0.05, 0) is 44.4 Å². The van der Waals surface area contributed by atoms with E-state index in [2.05, 4.69) is 10.3 Å². The fourth-order valence-electron chi connectivity index (χ4n) is 3.81. The van der Waals surface area contributed by atoms with Crippen molar-refractivity contribution < 1.29 is 18.4 Å². The van der Waals surface area contributed by atoms with E-state index in [4.69, 9.17) is 5.73 Å². The number of nitrogens with one attached hydrogen (secondary N) is 2. The number of halogens is 2. The summed E-state index contributed by atoms with van der Waals surface area (Å²) in [6.45, 7) is 3.61. The number of carbonyl (C=O) groups is 2. The van der Waals surface area contributed by atoms with Crippen molar-refractivity contribution in [3.05, 3.63) is 35.0 Å². The smallest absolute Gasteiger partial charge is 0.231 e. The Morgan fingerprint density at radius 2 is 2.15 bits per heavy atom. The Labute approximate surface area is 156 Å². The topological polar surface area (TPSA) is 91.2 Å². The number of aromatic amines is 1. The van der Waals surface area contributed by atoms with Crippen molar-refractivity contribution in [3.63, 3.8) is 0 Å². The van der Waals surface area contributed by atoms with Crippen molar-refractivity contribution in [2.45, 2.75) is 26.2 Å². The maximum atomic E-state index is 13.9. The molecule has 1 aromatic heterocycles. The second-order valence-electron chi connectivity index (χ2n) is 7.12. The fourth-order valence-corrected chi connectivity index (χ4v) is 3.81. The highest BCUT2D eigenvalue weighted by molar-refractivity contribution is 5.85. The van der Waals surface area contributed by atoms with Crippen LogP contribution in [0.3, 0.4) is 0 Å². The highest BCUT2D eigenvalue weighted by Crippen LogP contribution is 2.26. The number of H-pyrrole nitrogens is 1. The number of benzene rings is 1. The largest absolute Gasteiger partial charge is 0.369 e. The van der Waals surface area contributed by atoms with Crippen molar-refractivity contribution in [1.82, 2.24) is 15.2 Å². The molecule has 0 radical (unpaired) electrons. The molecule has 1 aromatic carbocycles. The molecule has 0 bridgehead atoms. The van der Waals surface area contributed by atoms with Gasteiger partial charge in [-0.15, -0.1) is 0 Å². The lowest BCUT2D eigenvalue weighted by Gasteiger charge is -2.30. The van der Waals surface area contributed by atoms with Gasteiger partial charge in [-0.2, -0.15) is 0 Å². The van der Waals surface area contributed by atoms with Gasteiger partial charge in [-0.1, -0.05) is 0 Å². The van der Waals surface area contributed by atoms with Gasteiger partial charge >= 0.3 is 0 Å².